The third kappa shape index (κ3) is 3.74. The van der Waals surface area contributed by atoms with Gasteiger partial charge < -0.3 is 14.2 Å². The molecular weight excluding hydrogens is 368 g/mol. The first kappa shape index (κ1) is 19.2. The Bertz CT molecular complexity index is 1050. The van der Waals surface area contributed by atoms with Crippen LogP contribution in [0.5, 0.6) is 0 Å². The van der Waals surface area contributed by atoms with E-state index in [1.165, 1.54) is 0 Å². The van der Waals surface area contributed by atoms with Crippen molar-refractivity contribution in [3.63, 3.8) is 0 Å². The van der Waals surface area contributed by atoms with E-state index >= 15 is 0 Å². The lowest BCUT2D eigenvalue weighted by Gasteiger charge is -2.21. The number of hydrogen-bond donors (Lipinski definition) is 0. The van der Waals surface area contributed by atoms with Crippen molar-refractivity contribution in [2.24, 2.45) is 7.05 Å². The van der Waals surface area contributed by atoms with Crippen LogP contribution in [0.3, 0.4) is 0 Å². The Kier molecular flexibility index (Phi) is 5.08. The van der Waals surface area contributed by atoms with Crippen molar-refractivity contribution in [3.05, 3.63) is 53.2 Å². The number of aryl methyl sites for hydroxylation is 3. The summed E-state index contributed by atoms with van der Waals surface area (Å²) in [5.74, 6) is -0.00320. The van der Waals surface area contributed by atoms with E-state index in [1.807, 2.05) is 54.6 Å². The summed E-state index contributed by atoms with van der Waals surface area (Å²) < 4.78 is 3.68. The average molecular weight is 394 g/mol. The van der Waals surface area contributed by atoms with Gasteiger partial charge in [0.05, 0.1) is 12.1 Å². The van der Waals surface area contributed by atoms with Gasteiger partial charge in [-0.15, -0.1) is 0 Å². The highest BCUT2D eigenvalue weighted by molar-refractivity contribution is 5.92. The molecule has 8 nitrogen and oxygen atoms in total. The maximum atomic E-state index is 12.9. The molecule has 4 heterocycles. The molecule has 0 spiro atoms. The summed E-state index contributed by atoms with van der Waals surface area (Å²) in [5, 5.41) is 4.29. The molecule has 0 atom stereocenters. The minimum Gasteiger partial charge on any atom is -0.341 e. The van der Waals surface area contributed by atoms with Crippen LogP contribution in [-0.2, 0) is 18.3 Å². The number of carbonyl (C=O) groups excluding carboxylic acids is 2. The molecule has 3 aromatic rings. The molecule has 0 N–H and O–H groups in total. The molecule has 1 saturated heterocycles. The predicted octanol–water partition coefficient (Wildman–Crippen LogP) is 1.60. The summed E-state index contributed by atoms with van der Waals surface area (Å²) >= 11 is 0. The van der Waals surface area contributed by atoms with E-state index in [-0.39, 0.29) is 11.8 Å². The summed E-state index contributed by atoms with van der Waals surface area (Å²) in [6.45, 7) is 6.27. The molecule has 3 aromatic heterocycles. The van der Waals surface area contributed by atoms with Crippen LogP contribution in [0.1, 0.15) is 33.9 Å². The Morgan fingerprint density at radius 2 is 1.86 bits per heavy atom. The van der Waals surface area contributed by atoms with Crippen molar-refractivity contribution in [1.29, 1.82) is 0 Å². The Morgan fingerprint density at radius 1 is 1.10 bits per heavy atom. The van der Waals surface area contributed by atoms with E-state index in [2.05, 4.69) is 10.1 Å². The molecule has 0 saturated carbocycles. The van der Waals surface area contributed by atoms with Crippen molar-refractivity contribution in [2.45, 2.75) is 26.7 Å². The fourth-order valence-corrected chi connectivity index (χ4v) is 3.80. The van der Waals surface area contributed by atoms with E-state index in [0.29, 0.717) is 38.3 Å². The van der Waals surface area contributed by atoms with Gasteiger partial charge in [-0.3, -0.25) is 14.3 Å². The van der Waals surface area contributed by atoms with Crippen LogP contribution in [0.15, 0.2) is 30.6 Å². The van der Waals surface area contributed by atoms with Crippen molar-refractivity contribution in [3.8, 4) is 0 Å². The molecule has 0 unspecified atom stereocenters. The second-order valence-electron chi connectivity index (χ2n) is 7.63. The molecule has 152 valence electrons. The van der Waals surface area contributed by atoms with Crippen LogP contribution in [0.2, 0.25) is 0 Å². The second kappa shape index (κ2) is 7.69. The van der Waals surface area contributed by atoms with Crippen LogP contribution in [0.25, 0.3) is 5.65 Å². The maximum absolute atomic E-state index is 12.9. The van der Waals surface area contributed by atoms with Gasteiger partial charge in [0.15, 0.2) is 5.69 Å². The minimum absolute atomic E-state index is 0.0660. The van der Waals surface area contributed by atoms with Crippen LogP contribution in [-0.4, -0.2) is 67.0 Å². The first-order chi connectivity index (χ1) is 13.9. The first-order valence-electron chi connectivity index (χ1n) is 9.93. The van der Waals surface area contributed by atoms with E-state index in [1.54, 1.807) is 15.8 Å². The number of hydrogen-bond acceptors (Lipinski definition) is 4. The molecule has 0 aliphatic carbocycles. The first-order valence-corrected chi connectivity index (χ1v) is 9.93. The lowest BCUT2D eigenvalue weighted by Crippen LogP contribution is -2.38. The van der Waals surface area contributed by atoms with E-state index in [0.717, 1.165) is 29.0 Å². The maximum Gasteiger partial charge on any atom is 0.274 e. The van der Waals surface area contributed by atoms with Gasteiger partial charge in [0, 0.05) is 51.3 Å². The van der Waals surface area contributed by atoms with Crippen molar-refractivity contribution in [2.75, 3.05) is 26.2 Å². The molecule has 0 aromatic carbocycles. The van der Waals surface area contributed by atoms with Gasteiger partial charge in [-0.05, 0) is 38.0 Å². The van der Waals surface area contributed by atoms with E-state index in [4.69, 9.17) is 0 Å². The second-order valence-corrected chi connectivity index (χ2v) is 7.63. The quantitative estimate of drug-likeness (QED) is 0.676. The zero-order chi connectivity index (χ0) is 20.5. The third-order valence-corrected chi connectivity index (χ3v) is 5.61. The zero-order valence-electron chi connectivity index (χ0n) is 17.1. The number of amides is 2. The van der Waals surface area contributed by atoms with Gasteiger partial charge in [-0.2, -0.15) is 5.10 Å². The summed E-state index contributed by atoms with van der Waals surface area (Å²) in [7, 11) is 1.83. The Hall–Kier alpha value is -3.16. The highest BCUT2D eigenvalue weighted by atomic mass is 16.2. The lowest BCUT2D eigenvalue weighted by atomic mass is 10.2. The van der Waals surface area contributed by atoms with Crippen molar-refractivity contribution >= 4 is 17.5 Å². The van der Waals surface area contributed by atoms with Gasteiger partial charge >= 0.3 is 0 Å². The predicted molar refractivity (Wildman–Crippen MR) is 109 cm³/mol. The SMILES string of the molecule is Cc1cccn2c(CC(=O)N3CCCN(C(=O)c4cc(C)n(C)n4)CC3)cnc12. The molecule has 0 bridgehead atoms. The Balaban J connectivity index is 1.42. The van der Waals surface area contributed by atoms with Crippen molar-refractivity contribution < 1.29 is 9.59 Å². The zero-order valence-corrected chi connectivity index (χ0v) is 17.1. The monoisotopic (exact) mass is 394 g/mol. The lowest BCUT2D eigenvalue weighted by molar-refractivity contribution is -0.130. The summed E-state index contributed by atoms with van der Waals surface area (Å²) in [6.07, 6.45) is 4.78. The standard InChI is InChI=1S/C21H26N6O2/c1-15-6-4-9-27-17(14-22-20(15)27)13-19(28)25-7-5-8-26(11-10-25)21(29)18-12-16(2)24(3)23-18/h4,6,9,12,14H,5,7-8,10-11,13H2,1-3H3. The van der Waals surface area contributed by atoms with Crippen LogP contribution in [0.4, 0.5) is 0 Å². The van der Waals surface area contributed by atoms with Crippen molar-refractivity contribution in [1.82, 2.24) is 29.0 Å². The number of aromatic nitrogens is 4. The summed E-state index contributed by atoms with van der Waals surface area (Å²) in [6, 6.07) is 5.78. The minimum atomic E-state index is -0.0692. The fraction of sp³-hybridized carbons (Fsp3) is 0.429. The molecular formula is C21H26N6O2. The summed E-state index contributed by atoms with van der Waals surface area (Å²) in [4.78, 5) is 33.8. The Morgan fingerprint density at radius 3 is 2.62 bits per heavy atom. The third-order valence-electron chi connectivity index (χ3n) is 5.61. The number of rotatable bonds is 3. The van der Waals surface area contributed by atoms with Gasteiger partial charge in [0.1, 0.15) is 5.65 Å². The van der Waals surface area contributed by atoms with Crippen LogP contribution < -0.4 is 0 Å². The average Bonchev–Trinajstić information content (AvgIpc) is 3.15. The number of carbonyl (C=O) groups is 2. The number of fused-ring (bicyclic) bond motifs is 1. The van der Waals surface area contributed by atoms with Gasteiger partial charge in [-0.25, -0.2) is 4.98 Å². The highest BCUT2D eigenvalue weighted by Gasteiger charge is 2.25. The number of imidazole rings is 1. The van der Waals surface area contributed by atoms with Gasteiger partial charge in [-0.1, -0.05) is 6.07 Å². The molecule has 0 radical (unpaired) electrons. The smallest absolute Gasteiger partial charge is 0.274 e. The molecule has 8 heteroatoms. The summed E-state index contributed by atoms with van der Waals surface area (Å²) in [5.41, 5.74) is 4.26. The fourth-order valence-electron chi connectivity index (χ4n) is 3.80. The largest absolute Gasteiger partial charge is 0.341 e. The molecule has 1 aliphatic heterocycles. The molecule has 4 rings (SSSR count). The van der Waals surface area contributed by atoms with Gasteiger partial charge in [0.25, 0.3) is 5.91 Å². The number of nitrogens with zero attached hydrogens (tertiary/aromatic N) is 6. The van der Waals surface area contributed by atoms with Gasteiger partial charge in [0.2, 0.25) is 5.91 Å². The molecule has 1 aliphatic rings. The topological polar surface area (TPSA) is 75.7 Å². The van der Waals surface area contributed by atoms with Crippen LogP contribution in [0, 0.1) is 13.8 Å². The molecule has 1 fully saturated rings. The van der Waals surface area contributed by atoms with E-state index < -0.39 is 0 Å². The number of pyridine rings is 1. The normalized spacial score (nSPS) is 15.0. The Labute approximate surface area is 169 Å². The molecule has 2 amide bonds. The molecule has 29 heavy (non-hydrogen) atoms. The van der Waals surface area contributed by atoms with Crippen LogP contribution >= 0.6 is 0 Å². The highest BCUT2D eigenvalue weighted by Crippen LogP contribution is 2.14. The van der Waals surface area contributed by atoms with E-state index in [9.17, 15) is 9.59 Å².